The first-order valence-electron chi connectivity index (χ1n) is 7.81. The molecule has 21 heavy (non-hydrogen) atoms. The van der Waals surface area contributed by atoms with E-state index in [1.54, 1.807) is 24.3 Å². The van der Waals surface area contributed by atoms with Crippen molar-refractivity contribution in [2.75, 3.05) is 11.9 Å². The van der Waals surface area contributed by atoms with Crippen LogP contribution in [0.15, 0.2) is 24.3 Å². The van der Waals surface area contributed by atoms with Crippen molar-refractivity contribution in [3.63, 3.8) is 0 Å². The lowest BCUT2D eigenvalue weighted by Gasteiger charge is -2.15. The molecule has 1 aliphatic rings. The van der Waals surface area contributed by atoms with Crippen molar-refractivity contribution < 1.29 is 4.79 Å². The molecule has 0 atom stereocenters. The summed E-state index contributed by atoms with van der Waals surface area (Å²) >= 11 is 0. The van der Waals surface area contributed by atoms with E-state index in [-0.39, 0.29) is 5.91 Å². The average Bonchev–Trinajstić information content (AvgIpc) is 2.77. The molecule has 2 rings (SSSR count). The van der Waals surface area contributed by atoms with Crippen molar-refractivity contribution in [1.82, 2.24) is 5.32 Å². The molecule has 1 fully saturated rings. The van der Waals surface area contributed by atoms with Crippen LogP contribution in [0.5, 0.6) is 0 Å². The van der Waals surface area contributed by atoms with Crippen molar-refractivity contribution in [3.05, 3.63) is 29.8 Å². The summed E-state index contributed by atoms with van der Waals surface area (Å²) in [4.78, 5) is 11.9. The van der Waals surface area contributed by atoms with Crippen LogP contribution in [0.1, 0.15) is 50.5 Å². The Labute approximate surface area is 126 Å². The van der Waals surface area contributed by atoms with Gasteiger partial charge in [-0.15, -0.1) is 0 Å². The van der Waals surface area contributed by atoms with Gasteiger partial charge in [-0.1, -0.05) is 25.7 Å². The fraction of sp³-hybridized carbons (Fsp3) is 0.529. The molecule has 1 amide bonds. The topological polar surface area (TPSA) is 64.9 Å². The predicted octanol–water partition coefficient (Wildman–Crippen LogP) is 3.20. The van der Waals surface area contributed by atoms with Crippen molar-refractivity contribution >= 4 is 11.6 Å². The van der Waals surface area contributed by atoms with E-state index in [4.69, 9.17) is 5.26 Å². The summed E-state index contributed by atoms with van der Waals surface area (Å²) in [6, 6.07) is 9.57. The highest BCUT2D eigenvalue weighted by Gasteiger charge is 2.11. The second-order valence-corrected chi connectivity index (χ2v) is 5.63. The van der Waals surface area contributed by atoms with Gasteiger partial charge in [-0.2, -0.15) is 5.26 Å². The van der Waals surface area contributed by atoms with E-state index in [9.17, 15) is 4.79 Å². The molecule has 1 aliphatic carbocycles. The number of amides is 1. The number of benzene rings is 1. The maximum atomic E-state index is 11.9. The van der Waals surface area contributed by atoms with Crippen molar-refractivity contribution in [2.45, 2.75) is 51.0 Å². The molecule has 0 spiro atoms. The number of hydrogen-bond donors (Lipinski definition) is 2. The highest BCUT2D eigenvalue weighted by atomic mass is 16.1. The van der Waals surface area contributed by atoms with Crippen LogP contribution in [0.2, 0.25) is 0 Å². The normalized spacial score (nSPS) is 16.0. The summed E-state index contributed by atoms with van der Waals surface area (Å²) in [6.45, 7) is 0.729. The summed E-state index contributed by atoms with van der Waals surface area (Å²) in [5.41, 5.74) is 1.34. The molecule has 1 aromatic rings. The van der Waals surface area contributed by atoms with Crippen LogP contribution in [0.25, 0.3) is 0 Å². The monoisotopic (exact) mass is 285 g/mol. The molecule has 112 valence electrons. The summed E-state index contributed by atoms with van der Waals surface area (Å²) in [5.74, 6) is 0.0147. The Hall–Kier alpha value is -1.86. The molecular formula is C17H23N3O. The zero-order valence-electron chi connectivity index (χ0n) is 12.4. The number of nitrogens with zero attached hydrogens (tertiary/aromatic N) is 1. The zero-order valence-corrected chi connectivity index (χ0v) is 12.4. The first-order valence-corrected chi connectivity index (χ1v) is 7.81. The number of rotatable bonds is 5. The highest BCUT2D eigenvalue weighted by molar-refractivity contribution is 5.90. The molecular weight excluding hydrogens is 262 g/mol. The first kappa shape index (κ1) is 15.5. The summed E-state index contributed by atoms with van der Waals surface area (Å²) in [5, 5.41) is 15.1. The van der Waals surface area contributed by atoms with Crippen molar-refractivity contribution in [3.8, 4) is 6.07 Å². The Morgan fingerprint density at radius 2 is 1.81 bits per heavy atom. The number of anilines is 1. The number of nitriles is 1. The fourth-order valence-electron chi connectivity index (χ4n) is 2.72. The van der Waals surface area contributed by atoms with E-state index in [1.165, 1.54) is 38.5 Å². The Bertz CT molecular complexity index is 482. The molecule has 0 saturated heterocycles. The van der Waals surface area contributed by atoms with Crippen LogP contribution >= 0.6 is 0 Å². The Morgan fingerprint density at radius 1 is 1.14 bits per heavy atom. The molecule has 4 nitrogen and oxygen atoms in total. The van der Waals surface area contributed by atoms with Crippen LogP contribution in [-0.2, 0) is 4.79 Å². The van der Waals surface area contributed by atoms with Gasteiger partial charge < -0.3 is 10.6 Å². The molecule has 1 saturated carbocycles. The first-order chi connectivity index (χ1) is 10.3. The number of carbonyl (C=O) groups is 1. The molecule has 1 aromatic carbocycles. The van der Waals surface area contributed by atoms with E-state index in [1.807, 2.05) is 0 Å². The Kier molecular flexibility index (Phi) is 6.23. The van der Waals surface area contributed by atoms with Gasteiger partial charge >= 0.3 is 0 Å². The van der Waals surface area contributed by atoms with E-state index >= 15 is 0 Å². The maximum absolute atomic E-state index is 11.9. The average molecular weight is 285 g/mol. The Morgan fingerprint density at radius 3 is 2.43 bits per heavy atom. The molecule has 0 aliphatic heterocycles. The van der Waals surface area contributed by atoms with E-state index in [0.717, 1.165) is 12.2 Å². The van der Waals surface area contributed by atoms with Gasteiger partial charge in [0.15, 0.2) is 0 Å². The fourth-order valence-corrected chi connectivity index (χ4v) is 2.72. The van der Waals surface area contributed by atoms with Crippen LogP contribution in [0, 0.1) is 11.3 Å². The minimum absolute atomic E-state index is 0.0147. The summed E-state index contributed by atoms with van der Waals surface area (Å²) < 4.78 is 0. The molecule has 4 heteroatoms. The maximum Gasteiger partial charge on any atom is 0.225 e. The lowest BCUT2D eigenvalue weighted by Crippen LogP contribution is -2.31. The van der Waals surface area contributed by atoms with Gasteiger partial charge in [-0.3, -0.25) is 4.79 Å². The minimum atomic E-state index is 0.0147. The van der Waals surface area contributed by atoms with Gasteiger partial charge in [0, 0.05) is 24.7 Å². The van der Waals surface area contributed by atoms with Gasteiger partial charge in [-0.25, -0.2) is 0 Å². The van der Waals surface area contributed by atoms with Crippen molar-refractivity contribution in [1.29, 1.82) is 5.26 Å². The van der Waals surface area contributed by atoms with Gasteiger partial charge in [0.2, 0.25) is 5.91 Å². The second-order valence-electron chi connectivity index (χ2n) is 5.63. The number of nitrogens with one attached hydrogen (secondary N) is 2. The molecule has 0 radical (unpaired) electrons. The van der Waals surface area contributed by atoms with Crippen LogP contribution in [0.3, 0.4) is 0 Å². The van der Waals surface area contributed by atoms with Crippen LogP contribution in [-0.4, -0.2) is 18.5 Å². The molecule has 0 bridgehead atoms. The number of carbonyl (C=O) groups excluding carboxylic acids is 1. The quantitative estimate of drug-likeness (QED) is 0.816. The third-order valence-corrected chi connectivity index (χ3v) is 3.94. The largest absolute Gasteiger partial charge is 0.326 e. The van der Waals surface area contributed by atoms with Crippen LogP contribution in [0.4, 0.5) is 5.69 Å². The summed E-state index contributed by atoms with van der Waals surface area (Å²) in [7, 11) is 0. The highest BCUT2D eigenvalue weighted by Crippen LogP contribution is 2.17. The molecule has 0 unspecified atom stereocenters. The summed E-state index contributed by atoms with van der Waals surface area (Å²) in [6.07, 6.45) is 8.24. The van der Waals surface area contributed by atoms with E-state index < -0.39 is 0 Å². The lowest BCUT2D eigenvalue weighted by molar-refractivity contribution is -0.116. The second kappa shape index (κ2) is 8.43. The van der Waals surface area contributed by atoms with E-state index in [0.29, 0.717) is 18.0 Å². The lowest BCUT2D eigenvalue weighted by atomic mass is 10.1. The minimum Gasteiger partial charge on any atom is -0.326 e. The van der Waals surface area contributed by atoms with E-state index in [2.05, 4.69) is 16.7 Å². The standard InChI is InChI=1S/C17H23N3O/c18-13-14-7-9-16(10-8-14)20-17(21)11-12-19-15-5-3-1-2-4-6-15/h7-10,15,19H,1-6,11-12H2,(H,20,21). The zero-order chi connectivity index (χ0) is 14.9. The Balaban J connectivity index is 1.68. The SMILES string of the molecule is N#Cc1ccc(NC(=O)CCNC2CCCCCC2)cc1. The third kappa shape index (κ3) is 5.57. The number of hydrogen-bond acceptors (Lipinski definition) is 3. The third-order valence-electron chi connectivity index (χ3n) is 3.94. The smallest absolute Gasteiger partial charge is 0.225 e. The van der Waals surface area contributed by atoms with Gasteiger partial charge in [0.25, 0.3) is 0 Å². The molecule has 2 N–H and O–H groups in total. The van der Waals surface area contributed by atoms with Gasteiger partial charge in [-0.05, 0) is 37.1 Å². The van der Waals surface area contributed by atoms with Crippen LogP contribution < -0.4 is 10.6 Å². The molecule has 0 aromatic heterocycles. The van der Waals surface area contributed by atoms with Gasteiger partial charge in [0.1, 0.15) is 0 Å². The predicted molar refractivity (Wildman–Crippen MR) is 83.9 cm³/mol. The van der Waals surface area contributed by atoms with Gasteiger partial charge in [0.05, 0.1) is 11.6 Å². The van der Waals surface area contributed by atoms with Crippen molar-refractivity contribution in [2.24, 2.45) is 0 Å². The molecule has 0 heterocycles.